The molecule has 0 atom stereocenters. The number of amides is 1. The molecule has 0 N–H and O–H groups in total. The number of imidazole rings is 1. The first-order valence-electron chi connectivity index (χ1n) is 6.46. The van der Waals surface area contributed by atoms with Crippen molar-refractivity contribution in [1.82, 2.24) is 19.4 Å². The van der Waals surface area contributed by atoms with Crippen LogP contribution in [0, 0.1) is 0 Å². The molecule has 0 saturated carbocycles. The molecule has 0 fully saturated rings. The van der Waals surface area contributed by atoms with Gasteiger partial charge in [-0.2, -0.15) is 0 Å². The van der Waals surface area contributed by atoms with Crippen molar-refractivity contribution in [3.05, 3.63) is 42.6 Å². The summed E-state index contributed by atoms with van der Waals surface area (Å²) in [5, 5.41) is 0. The van der Waals surface area contributed by atoms with Crippen LogP contribution in [0.4, 0.5) is 0 Å². The standard InChI is InChI=1S/C14H16N4O3/c1-3-17(9-13(19)21-2)14(20)11-4-5-12(16-8-11)18-7-6-15-10-18/h4-8,10H,3,9H2,1-2H3. The number of methoxy groups -OCH3 is 1. The molecule has 0 unspecified atom stereocenters. The Labute approximate surface area is 122 Å². The van der Waals surface area contributed by atoms with E-state index in [1.807, 2.05) is 0 Å². The van der Waals surface area contributed by atoms with E-state index < -0.39 is 5.97 Å². The minimum atomic E-state index is -0.451. The number of esters is 1. The van der Waals surface area contributed by atoms with Gasteiger partial charge in [0.05, 0.1) is 12.7 Å². The van der Waals surface area contributed by atoms with Crippen LogP contribution >= 0.6 is 0 Å². The van der Waals surface area contributed by atoms with Crippen molar-refractivity contribution in [1.29, 1.82) is 0 Å². The third-order valence-corrected chi connectivity index (χ3v) is 2.98. The van der Waals surface area contributed by atoms with E-state index in [2.05, 4.69) is 14.7 Å². The Kier molecular flexibility index (Phi) is 4.65. The van der Waals surface area contributed by atoms with Gasteiger partial charge in [0, 0.05) is 25.1 Å². The van der Waals surface area contributed by atoms with E-state index in [9.17, 15) is 9.59 Å². The zero-order valence-corrected chi connectivity index (χ0v) is 11.9. The van der Waals surface area contributed by atoms with Crippen LogP contribution in [0.25, 0.3) is 5.82 Å². The molecule has 0 bridgehead atoms. The van der Waals surface area contributed by atoms with Gasteiger partial charge in [-0.3, -0.25) is 14.2 Å². The number of likely N-dealkylation sites (N-methyl/N-ethyl adjacent to an activating group) is 1. The fourth-order valence-electron chi connectivity index (χ4n) is 1.79. The van der Waals surface area contributed by atoms with Crippen LogP contribution in [-0.2, 0) is 9.53 Å². The summed E-state index contributed by atoms with van der Waals surface area (Å²) in [5.74, 6) is -0.0409. The number of hydrogen-bond donors (Lipinski definition) is 0. The van der Waals surface area contributed by atoms with E-state index in [1.54, 1.807) is 42.3 Å². The summed E-state index contributed by atoms with van der Waals surface area (Å²) in [5.41, 5.74) is 0.421. The lowest BCUT2D eigenvalue weighted by atomic mass is 10.2. The van der Waals surface area contributed by atoms with Gasteiger partial charge in [0.1, 0.15) is 18.7 Å². The molecule has 0 aliphatic heterocycles. The molecule has 2 heterocycles. The van der Waals surface area contributed by atoms with Crippen LogP contribution < -0.4 is 0 Å². The fourth-order valence-corrected chi connectivity index (χ4v) is 1.79. The minimum Gasteiger partial charge on any atom is -0.468 e. The van der Waals surface area contributed by atoms with Crippen molar-refractivity contribution in [2.45, 2.75) is 6.92 Å². The topological polar surface area (TPSA) is 77.3 Å². The first kappa shape index (κ1) is 14.7. The molecule has 0 saturated heterocycles. The number of aromatic nitrogens is 3. The van der Waals surface area contributed by atoms with Crippen molar-refractivity contribution >= 4 is 11.9 Å². The van der Waals surface area contributed by atoms with Gasteiger partial charge in [0.2, 0.25) is 0 Å². The summed E-state index contributed by atoms with van der Waals surface area (Å²) >= 11 is 0. The Hall–Kier alpha value is -2.70. The van der Waals surface area contributed by atoms with Crippen LogP contribution in [0.1, 0.15) is 17.3 Å². The molecule has 0 aliphatic carbocycles. The summed E-state index contributed by atoms with van der Waals surface area (Å²) < 4.78 is 6.31. The average Bonchev–Trinajstić information content (AvgIpc) is 3.06. The zero-order valence-electron chi connectivity index (χ0n) is 11.9. The number of hydrogen-bond acceptors (Lipinski definition) is 5. The zero-order chi connectivity index (χ0) is 15.2. The second-order valence-electron chi connectivity index (χ2n) is 4.27. The molecule has 0 spiro atoms. The second kappa shape index (κ2) is 6.65. The number of carbonyl (C=O) groups excluding carboxylic acids is 2. The lowest BCUT2D eigenvalue weighted by molar-refractivity contribution is -0.141. The smallest absolute Gasteiger partial charge is 0.325 e. The predicted molar refractivity (Wildman–Crippen MR) is 75.0 cm³/mol. The molecule has 7 nitrogen and oxygen atoms in total. The second-order valence-corrected chi connectivity index (χ2v) is 4.27. The van der Waals surface area contributed by atoms with Crippen LogP contribution in [0.3, 0.4) is 0 Å². The van der Waals surface area contributed by atoms with E-state index in [0.717, 1.165) is 0 Å². The summed E-state index contributed by atoms with van der Waals surface area (Å²) in [4.78, 5) is 33.1. The van der Waals surface area contributed by atoms with E-state index in [-0.39, 0.29) is 12.5 Å². The predicted octanol–water partition coefficient (Wildman–Crippen LogP) is 0.902. The summed E-state index contributed by atoms with van der Waals surface area (Å²) in [6, 6.07) is 3.39. The van der Waals surface area contributed by atoms with Gasteiger partial charge in [0.25, 0.3) is 5.91 Å². The summed E-state index contributed by atoms with van der Waals surface area (Å²) in [6.45, 7) is 2.14. The van der Waals surface area contributed by atoms with Crippen molar-refractivity contribution in [2.75, 3.05) is 20.2 Å². The molecule has 0 radical (unpaired) electrons. The molecule has 110 valence electrons. The van der Waals surface area contributed by atoms with Crippen LogP contribution in [-0.4, -0.2) is 51.5 Å². The summed E-state index contributed by atoms with van der Waals surface area (Å²) in [7, 11) is 1.29. The molecule has 0 aromatic carbocycles. The lowest BCUT2D eigenvalue weighted by Crippen LogP contribution is -2.36. The molecule has 7 heteroatoms. The Balaban J connectivity index is 2.13. The third kappa shape index (κ3) is 3.44. The summed E-state index contributed by atoms with van der Waals surface area (Å²) in [6.07, 6.45) is 6.52. The maximum atomic E-state index is 12.3. The fraction of sp³-hybridized carbons (Fsp3) is 0.286. The number of rotatable bonds is 5. The SMILES string of the molecule is CCN(CC(=O)OC)C(=O)c1ccc(-n2ccnc2)nc1. The number of pyridine rings is 1. The molecule has 0 aliphatic rings. The van der Waals surface area contributed by atoms with Crippen LogP contribution in [0.15, 0.2) is 37.1 Å². The Morgan fingerprint density at radius 1 is 1.38 bits per heavy atom. The van der Waals surface area contributed by atoms with Crippen molar-refractivity contribution in [2.24, 2.45) is 0 Å². The van der Waals surface area contributed by atoms with Crippen molar-refractivity contribution < 1.29 is 14.3 Å². The maximum Gasteiger partial charge on any atom is 0.325 e. The molecular weight excluding hydrogens is 272 g/mol. The largest absolute Gasteiger partial charge is 0.468 e. The normalized spacial score (nSPS) is 10.2. The van der Waals surface area contributed by atoms with Crippen LogP contribution in [0.5, 0.6) is 0 Å². The Morgan fingerprint density at radius 2 is 2.19 bits per heavy atom. The Morgan fingerprint density at radius 3 is 2.71 bits per heavy atom. The number of nitrogens with zero attached hydrogens (tertiary/aromatic N) is 4. The molecule has 21 heavy (non-hydrogen) atoms. The highest BCUT2D eigenvalue weighted by molar-refractivity contribution is 5.95. The molecule has 2 aromatic heterocycles. The number of ether oxygens (including phenoxy) is 1. The first-order chi connectivity index (χ1) is 10.2. The maximum absolute atomic E-state index is 12.3. The highest BCUT2D eigenvalue weighted by Gasteiger charge is 2.18. The third-order valence-electron chi connectivity index (χ3n) is 2.98. The average molecular weight is 288 g/mol. The van der Waals surface area contributed by atoms with E-state index in [1.165, 1.54) is 18.2 Å². The van der Waals surface area contributed by atoms with Gasteiger partial charge in [-0.05, 0) is 19.1 Å². The Bertz CT molecular complexity index is 608. The van der Waals surface area contributed by atoms with E-state index in [4.69, 9.17) is 0 Å². The molecular formula is C14H16N4O3. The van der Waals surface area contributed by atoms with Crippen molar-refractivity contribution in [3.8, 4) is 5.82 Å². The minimum absolute atomic E-state index is 0.0743. The first-order valence-corrected chi connectivity index (χ1v) is 6.46. The van der Waals surface area contributed by atoms with Gasteiger partial charge < -0.3 is 9.64 Å². The van der Waals surface area contributed by atoms with Gasteiger partial charge in [0.15, 0.2) is 0 Å². The highest BCUT2D eigenvalue weighted by Crippen LogP contribution is 2.08. The quantitative estimate of drug-likeness (QED) is 0.764. The molecule has 2 aromatic rings. The molecule has 2 rings (SSSR count). The molecule has 1 amide bonds. The lowest BCUT2D eigenvalue weighted by Gasteiger charge is -2.19. The highest BCUT2D eigenvalue weighted by atomic mass is 16.5. The van der Waals surface area contributed by atoms with E-state index in [0.29, 0.717) is 17.9 Å². The van der Waals surface area contributed by atoms with Crippen LogP contribution in [0.2, 0.25) is 0 Å². The van der Waals surface area contributed by atoms with Gasteiger partial charge in [-0.15, -0.1) is 0 Å². The van der Waals surface area contributed by atoms with Gasteiger partial charge >= 0.3 is 5.97 Å². The van der Waals surface area contributed by atoms with E-state index >= 15 is 0 Å². The van der Waals surface area contributed by atoms with Crippen molar-refractivity contribution in [3.63, 3.8) is 0 Å². The number of carbonyl (C=O) groups is 2. The van der Waals surface area contributed by atoms with Gasteiger partial charge in [-0.25, -0.2) is 9.97 Å². The monoisotopic (exact) mass is 288 g/mol. The van der Waals surface area contributed by atoms with Gasteiger partial charge in [-0.1, -0.05) is 0 Å².